The number of nitrogens with zero attached hydrogens (tertiary/aromatic N) is 2. The molecule has 1 atom stereocenters. The first-order valence-corrected chi connectivity index (χ1v) is 15.5. The number of fused-ring (bicyclic) bond motifs is 3. The van der Waals surface area contributed by atoms with E-state index in [1.54, 1.807) is 0 Å². The predicted octanol–water partition coefficient (Wildman–Crippen LogP) is 4.29. The van der Waals surface area contributed by atoms with E-state index in [-0.39, 0.29) is 18.3 Å². The van der Waals surface area contributed by atoms with Crippen LogP contribution in [0, 0.1) is 0 Å². The van der Waals surface area contributed by atoms with E-state index in [4.69, 9.17) is 39.5 Å². The van der Waals surface area contributed by atoms with E-state index in [1.165, 1.54) is 44.5 Å². The zero-order valence-corrected chi connectivity index (χ0v) is 26.2. The minimum absolute atomic E-state index is 0. The highest BCUT2D eigenvalue weighted by Crippen LogP contribution is 2.47. The van der Waals surface area contributed by atoms with Gasteiger partial charge in [0, 0.05) is 42.7 Å². The Labute approximate surface area is 264 Å². The number of quaternary nitrogens is 1. The van der Waals surface area contributed by atoms with Crippen LogP contribution in [0.25, 0.3) is 0 Å². The standard InChI is InChI=1S/C33H36Cl3N2O2.ClH/c34-28-8-4-5-25(21-28)22-31(39)37-15-20-40-33(24-37,27-9-10-29(35)30(36)23-27)14-19-38-16-11-32(12-17-38,13-18-38)26-6-2-1-3-7-26;/h1-10,21,23H,11-20,22,24H2;1H/q+1;/p-1. The average Bonchev–Trinajstić information content (AvgIpc) is 2.99. The number of carbonyl (C=O) groups is 1. The first-order chi connectivity index (χ1) is 19.3. The molecular formula is C33H36Cl4N2O2. The number of hydrogen-bond acceptors (Lipinski definition) is 2. The van der Waals surface area contributed by atoms with E-state index in [0.717, 1.165) is 28.6 Å². The van der Waals surface area contributed by atoms with Gasteiger partial charge in [-0.2, -0.15) is 0 Å². The highest BCUT2D eigenvalue weighted by molar-refractivity contribution is 6.42. The van der Waals surface area contributed by atoms with E-state index < -0.39 is 5.60 Å². The Kier molecular flexibility index (Phi) is 9.30. The summed E-state index contributed by atoms with van der Waals surface area (Å²) < 4.78 is 7.77. The Bertz CT molecular complexity index is 1360. The topological polar surface area (TPSA) is 29.5 Å². The quantitative estimate of drug-likeness (QED) is 0.364. The number of amides is 1. The normalized spacial score (nSPS) is 27.3. The van der Waals surface area contributed by atoms with E-state index in [1.807, 2.05) is 47.4 Å². The zero-order chi connectivity index (χ0) is 27.8. The molecule has 0 saturated carbocycles. The van der Waals surface area contributed by atoms with Gasteiger partial charge in [0.15, 0.2) is 0 Å². The molecule has 41 heavy (non-hydrogen) atoms. The van der Waals surface area contributed by atoms with Crippen molar-refractivity contribution in [1.82, 2.24) is 4.90 Å². The minimum Gasteiger partial charge on any atom is -1.00 e. The van der Waals surface area contributed by atoms with Crippen LogP contribution in [0.1, 0.15) is 42.4 Å². The maximum absolute atomic E-state index is 13.5. The van der Waals surface area contributed by atoms with Crippen molar-refractivity contribution in [1.29, 1.82) is 0 Å². The SMILES string of the molecule is O=C(Cc1cccc(Cl)c1)N1CCOC(CC[N+]23CCC(c4ccccc4)(CC2)CC3)(c2ccc(Cl)c(Cl)c2)C1.[Cl-]. The van der Waals surface area contributed by atoms with Crippen molar-refractivity contribution in [2.75, 3.05) is 45.9 Å². The first-order valence-electron chi connectivity index (χ1n) is 14.3. The van der Waals surface area contributed by atoms with Crippen LogP contribution in [-0.2, 0) is 27.0 Å². The van der Waals surface area contributed by atoms with E-state index in [2.05, 4.69) is 30.3 Å². The van der Waals surface area contributed by atoms with Gasteiger partial charge in [0.1, 0.15) is 5.60 Å². The molecule has 2 bridgehead atoms. The number of rotatable bonds is 7. The molecule has 3 aromatic carbocycles. The molecule has 0 N–H and O–H groups in total. The lowest BCUT2D eigenvalue weighted by Gasteiger charge is -2.56. The van der Waals surface area contributed by atoms with Crippen LogP contribution in [0.2, 0.25) is 15.1 Å². The van der Waals surface area contributed by atoms with Crippen molar-refractivity contribution in [3.63, 3.8) is 0 Å². The van der Waals surface area contributed by atoms with Gasteiger partial charge < -0.3 is 26.5 Å². The van der Waals surface area contributed by atoms with Crippen molar-refractivity contribution in [2.24, 2.45) is 0 Å². The third-order valence-electron chi connectivity index (χ3n) is 9.80. The van der Waals surface area contributed by atoms with Gasteiger partial charge in [-0.15, -0.1) is 0 Å². The van der Waals surface area contributed by atoms with Crippen molar-refractivity contribution in [2.45, 2.75) is 43.1 Å². The van der Waals surface area contributed by atoms with Gasteiger partial charge >= 0.3 is 0 Å². The highest BCUT2D eigenvalue weighted by Gasteiger charge is 2.51. The van der Waals surface area contributed by atoms with Crippen molar-refractivity contribution in [3.05, 3.63) is 105 Å². The maximum atomic E-state index is 13.5. The second-order valence-electron chi connectivity index (χ2n) is 12.0. The molecule has 8 heteroatoms. The Morgan fingerprint density at radius 3 is 2.27 bits per heavy atom. The second kappa shape index (κ2) is 12.4. The molecule has 0 aromatic heterocycles. The molecule has 4 fully saturated rings. The number of carbonyl (C=O) groups excluding carboxylic acids is 1. The Balaban J connectivity index is 0.00000337. The Hall–Kier alpha value is -1.79. The molecule has 4 saturated heterocycles. The van der Waals surface area contributed by atoms with Gasteiger partial charge in [-0.1, -0.05) is 83.3 Å². The van der Waals surface area contributed by atoms with Crippen LogP contribution >= 0.6 is 34.8 Å². The molecule has 4 aliphatic rings. The Morgan fingerprint density at radius 2 is 1.59 bits per heavy atom. The lowest BCUT2D eigenvalue weighted by Crippen LogP contribution is -3.00. The second-order valence-corrected chi connectivity index (χ2v) is 13.2. The molecule has 4 nitrogen and oxygen atoms in total. The molecule has 4 aliphatic heterocycles. The monoisotopic (exact) mass is 632 g/mol. The summed E-state index contributed by atoms with van der Waals surface area (Å²) in [6.45, 7) is 6.12. The fraction of sp³-hybridized carbons (Fsp3) is 0.424. The molecule has 0 aliphatic carbocycles. The van der Waals surface area contributed by atoms with Gasteiger partial charge in [-0.3, -0.25) is 4.79 Å². The van der Waals surface area contributed by atoms with Gasteiger partial charge in [-0.25, -0.2) is 0 Å². The summed E-state index contributed by atoms with van der Waals surface area (Å²) in [5, 5.41) is 1.68. The average molecular weight is 634 g/mol. The number of morpholine rings is 1. The van der Waals surface area contributed by atoms with Crippen LogP contribution in [0.5, 0.6) is 0 Å². The first kappa shape index (κ1) is 30.7. The van der Waals surface area contributed by atoms with Gasteiger partial charge in [0.2, 0.25) is 5.91 Å². The fourth-order valence-electron chi connectivity index (χ4n) is 7.22. The largest absolute Gasteiger partial charge is 1.00 e. The summed E-state index contributed by atoms with van der Waals surface area (Å²) in [5.41, 5.74) is 3.12. The van der Waals surface area contributed by atoms with Crippen molar-refractivity contribution >= 4 is 40.7 Å². The summed E-state index contributed by atoms with van der Waals surface area (Å²) in [4.78, 5) is 15.5. The summed E-state index contributed by atoms with van der Waals surface area (Å²) in [6.07, 6.45) is 4.81. The van der Waals surface area contributed by atoms with Crippen LogP contribution < -0.4 is 12.4 Å². The number of piperidine rings is 3. The van der Waals surface area contributed by atoms with Gasteiger partial charge in [0.25, 0.3) is 0 Å². The van der Waals surface area contributed by atoms with Crippen molar-refractivity contribution in [3.8, 4) is 0 Å². The number of hydrogen-bond donors (Lipinski definition) is 0. The molecule has 218 valence electrons. The van der Waals surface area contributed by atoms with Gasteiger partial charge in [0.05, 0.1) is 55.8 Å². The van der Waals surface area contributed by atoms with E-state index in [0.29, 0.717) is 46.6 Å². The van der Waals surface area contributed by atoms with Gasteiger partial charge in [-0.05, 0) is 41.0 Å². The molecule has 0 radical (unpaired) electrons. The number of benzene rings is 3. The molecule has 3 aromatic rings. The summed E-state index contributed by atoms with van der Waals surface area (Å²) in [7, 11) is 0. The summed E-state index contributed by atoms with van der Waals surface area (Å²) in [5.74, 6) is 0.0885. The summed E-state index contributed by atoms with van der Waals surface area (Å²) >= 11 is 19.0. The highest BCUT2D eigenvalue weighted by atomic mass is 35.5. The molecule has 0 spiro atoms. The van der Waals surface area contributed by atoms with Crippen molar-refractivity contribution < 1.29 is 26.4 Å². The van der Waals surface area contributed by atoms with E-state index >= 15 is 0 Å². The molecule has 1 amide bonds. The van der Waals surface area contributed by atoms with Crippen LogP contribution in [-0.4, -0.2) is 61.2 Å². The molecule has 1 unspecified atom stereocenters. The summed E-state index contributed by atoms with van der Waals surface area (Å²) in [6, 6.07) is 24.4. The Morgan fingerprint density at radius 1 is 0.854 bits per heavy atom. The third kappa shape index (κ3) is 6.30. The predicted molar refractivity (Wildman–Crippen MR) is 162 cm³/mol. The lowest BCUT2D eigenvalue weighted by atomic mass is 9.66. The molecule has 4 heterocycles. The molecule has 7 rings (SSSR count). The fourth-order valence-corrected chi connectivity index (χ4v) is 7.73. The zero-order valence-electron chi connectivity index (χ0n) is 23.1. The third-order valence-corrected chi connectivity index (χ3v) is 10.8. The molecular weight excluding hydrogens is 598 g/mol. The van der Waals surface area contributed by atoms with Crippen LogP contribution in [0.3, 0.4) is 0 Å². The minimum atomic E-state index is -0.630. The lowest BCUT2D eigenvalue weighted by molar-refractivity contribution is -0.944. The van der Waals surface area contributed by atoms with E-state index in [9.17, 15) is 4.79 Å². The van der Waals surface area contributed by atoms with Crippen LogP contribution in [0.15, 0.2) is 72.8 Å². The number of ether oxygens (including phenoxy) is 1. The smallest absolute Gasteiger partial charge is 0.227 e. The number of halogens is 4. The maximum Gasteiger partial charge on any atom is 0.227 e. The van der Waals surface area contributed by atoms with Crippen LogP contribution in [0.4, 0.5) is 0 Å².